The Hall–Kier alpha value is -2.79. The first-order chi connectivity index (χ1) is 28.5. The highest BCUT2D eigenvalue weighted by molar-refractivity contribution is 7.47. The molecule has 0 radical (unpaired) electrons. The Bertz CT molecular complexity index is 1400. The maximum Gasteiger partial charge on any atom is 0.472 e. The minimum atomic E-state index is -4.42. The van der Waals surface area contributed by atoms with Crippen LogP contribution in [0, 0.1) is 13.8 Å². The summed E-state index contributed by atoms with van der Waals surface area (Å²) < 4.78 is 39.0. The van der Waals surface area contributed by atoms with Crippen LogP contribution in [0.25, 0.3) is 0 Å². The van der Waals surface area contributed by atoms with E-state index in [4.69, 9.17) is 28.7 Å². The fourth-order valence-corrected chi connectivity index (χ4v) is 7.09. The minimum Gasteiger partial charge on any atom is -0.466 e. The van der Waals surface area contributed by atoms with Crippen LogP contribution in [0.3, 0.4) is 0 Å². The van der Waals surface area contributed by atoms with Crippen LogP contribution in [0.1, 0.15) is 171 Å². The lowest BCUT2D eigenvalue weighted by atomic mass is 10.0. The van der Waals surface area contributed by atoms with E-state index in [0.717, 1.165) is 89.2 Å². The van der Waals surface area contributed by atoms with Crippen molar-refractivity contribution in [1.29, 1.82) is 0 Å². The van der Waals surface area contributed by atoms with Gasteiger partial charge in [0.15, 0.2) is 6.10 Å². The number of unbranched alkanes of at least 4 members (excludes halogenated alkanes) is 12. The van der Waals surface area contributed by atoms with Crippen molar-refractivity contribution in [3.05, 3.63) is 71.3 Å². The molecule has 338 valence electrons. The van der Waals surface area contributed by atoms with Crippen molar-refractivity contribution in [3.8, 4) is 0 Å². The molecule has 0 bridgehead atoms. The number of furan rings is 1. The Kier molecular flexibility index (Phi) is 33.0. The molecule has 0 fully saturated rings. The van der Waals surface area contributed by atoms with E-state index >= 15 is 0 Å². The van der Waals surface area contributed by atoms with E-state index in [-0.39, 0.29) is 38.7 Å². The van der Waals surface area contributed by atoms with Gasteiger partial charge in [-0.3, -0.25) is 18.6 Å². The van der Waals surface area contributed by atoms with E-state index in [1.54, 1.807) is 0 Å². The number of rotatable bonds is 38. The highest BCUT2D eigenvalue weighted by Crippen LogP contribution is 2.43. The van der Waals surface area contributed by atoms with Gasteiger partial charge >= 0.3 is 19.8 Å². The molecule has 3 atom stereocenters. The molecular formula is C47H80NO10P. The molecule has 59 heavy (non-hydrogen) atoms. The standard InChI is InChI=1S/C47H80NO10P/c1-5-7-24-30-42(49)31-26-20-16-12-10-9-11-13-19-23-29-35-47(51)57-43(39-56-59(52,53)55-37-36-48)38-54-46(50)34-28-22-18-15-14-17-21-27-33-45-41(4)40(3)44(58-45)32-25-8-6-2/h9-10,13,16,19-20,26,31,42-43,49H,5-8,11-12,14-15,17-18,21-25,27-30,32-39,48H2,1-4H3,(H,52,53)/b10-9-,19-13-,20-16-,31-26+/t42-,43+/m0/s1. The summed E-state index contributed by atoms with van der Waals surface area (Å²) >= 11 is 0. The van der Waals surface area contributed by atoms with Crippen LogP contribution in [-0.4, -0.2) is 60.5 Å². The van der Waals surface area contributed by atoms with Crippen molar-refractivity contribution in [1.82, 2.24) is 0 Å². The van der Waals surface area contributed by atoms with Gasteiger partial charge in [-0.15, -0.1) is 0 Å². The Morgan fingerprint density at radius 3 is 1.95 bits per heavy atom. The second-order valence-electron chi connectivity index (χ2n) is 15.3. The number of nitrogens with two attached hydrogens (primary N) is 1. The van der Waals surface area contributed by atoms with Crippen LogP contribution in [0.2, 0.25) is 0 Å². The number of allylic oxidation sites excluding steroid dienone is 7. The predicted octanol–water partition coefficient (Wildman–Crippen LogP) is 11.3. The number of carbonyl (C=O) groups excluding carboxylic acids is 2. The van der Waals surface area contributed by atoms with Gasteiger partial charge in [-0.1, -0.05) is 133 Å². The van der Waals surface area contributed by atoms with Crippen LogP contribution in [0.15, 0.2) is 53.0 Å². The highest BCUT2D eigenvalue weighted by Gasteiger charge is 2.26. The largest absolute Gasteiger partial charge is 0.472 e. The number of esters is 2. The topological polar surface area (TPSA) is 168 Å². The molecule has 1 aromatic heterocycles. The molecular weight excluding hydrogens is 769 g/mol. The number of hydrogen-bond donors (Lipinski definition) is 3. The predicted molar refractivity (Wildman–Crippen MR) is 238 cm³/mol. The van der Waals surface area contributed by atoms with Gasteiger partial charge in [0, 0.05) is 32.2 Å². The van der Waals surface area contributed by atoms with Crippen LogP contribution < -0.4 is 5.73 Å². The summed E-state index contributed by atoms with van der Waals surface area (Å²) in [4.78, 5) is 35.0. The lowest BCUT2D eigenvalue weighted by Gasteiger charge is -2.19. The van der Waals surface area contributed by atoms with E-state index < -0.39 is 32.5 Å². The summed E-state index contributed by atoms with van der Waals surface area (Å²) in [6, 6.07) is 0. The number of ether oxygens (including phenoxy) is 2. The normalized spacial score (nSPS) is 14.2. The van der Waals surface area contributed by atoms with E-state index in [9.17, 15) is 24.2 Å². The van der Waals surface area contributed by atoms with Crippen LogP contribution in [0.5, 0.6) is 0 Å². The number of aryl methyl sites for hydroxylation is 2. The molecule has 4 N–H and O–H groups in total. The molecule has 0 aliphatic carbocycles. The van der Waals surface area contributed by atoms with Gasteiger partial charge in [0.25, 0.3) is 0 Å². The van der Waals surface area contributed by atoms with Crippen molar-refractivity contribution in [3.63, 3.8) is 0 Å². The number of carbonyl (C=O) groups is 2. The van der Waals surface area contributed by atoms with Gasteiger partial charge in [-0.2, -0.15) is 0 Å². The fraction of sp³-hybridized carbons (Fsp3) is 0.702. The zero-order valence-corrected chi connectivity index (χ0v) is 37.9. The Balaban J connectivity index is 2.31. The third-order valence-electron chi connectivity index (χ3n) is 10.0. The molecule has 1 heterocycles. The molecule has 0 aliphatic heterocycles. The summed E-state index contributed by atoms with van der Waals surface area (Å²) in [6.45, 7) is 7.82. The van der Waals surface area contributed by atoms with Gasteiger partial charge < -0.3 is 29.6 Å². The van der Waals surface area contributed by atoms with Gasteiger partial charge in [-0.25, -0.2) is 4.57 Å². The number of phosphoric ester groups is 1. The average Bonchev–Trinajstić information content (AvgIpc) is 3.48. The van der Waals surface area contributed by atoms with Crippen LogP contribution >= 0.6 is 7.82 Å². The molecule has 0 saturated carbocycles. The molecule has 1 aromatic rings. The zero-order chi connectivity index (χ0) is 43.4. The molecule has 1 unspecified atom stereocenters. The fourth-order valence-electron chi connectivity index (χ4n) is 6.33. The number of hydrogen-bond acceptors (Lipinski definition) is 10. The Morgan fingerprint density at radius 2 is 1.29 bits per heavy atom. The first-order valence-electron chi connectivity index (χ1n) is 22.6. The van der Waals surface area contributed by atoms with E-state index in [0.29, 0.717) is 19.3 Å². The Morgan fingerprint density at radius 1 is 0.712 bits per heavy atom. The lowest BCUT2D eigenvalue weighted by molar-refractivity contribution is -0.161. The zero-order valence-electron chi connectivity index (χ0n) is 37.1. The third kappa shape index (κ3) is 30.0. The van der Waals surface area contributed by atoms with Crippen LogP contribution in [-0.2, 0) is 45.5 Å². The third-order valence-corrected chi connectivity index (χ3v) is 11.0. The second-order valence-corrected chi connectivity index (χ2v) is 16.8. The summed E-state index contributed by atoms with van der Waals surface area (Å²) in [5.41, 5.74) is 7.99. The van der Waals surface area contributed by atoms with E-state index in [2.05, 4.69) is 39.8 Å². The van der Waals surface area contributed by atoms with Gasteiger partial charge in [0.2, 0.25) is 0 Å². The summed E-state index contributed by atoms with van der Waals surface area (Å²) in [6.07, 6.45) is 35.8. The molecule has 0 amide bonds. The molecule has 11 nitrogen and oxygen atoms in total. The molecule has 0 saturated heterocycles. The molecule has 1 rings (SSSR count). The minimum absolute atomic E-state index is 0.0294. The molecule has 0 spiro atoms. The quantitative estimate of drug-likeness (QED) is 0.0190. The second kappa shape index (κ2) is 35.9. The highest BCUT2D eigenvalue weighted by atomic mass is 31.2. The summed E-state index contributed by atoms with van der Waals surface area (Å²) in [5, 5.41) is 9.90. The van der Waals surface area contributed by atoms with Gasteiger partial charge in [-0.05, 0) is 76.3 Å². The van der Waals surface area contributed by atoms with Crippen molar-refractivity contribution in [2.75, 3.05) is 26.4 Å². The van der Waals surface area contributed by atoms with Gasteiger partial charge in [0.1, 0.15) is 18.1 Å². The summed E-state index contributed by atoms with van der Waals surface area (Å²) in [5.74, 6) is 1.38. The first kappa shape index (κ1) is 54.2. The average molecular weight is 850 g/mol. The van der Waals surface area contributed by atoms with Crippen molar-refractivity contribution < 1.29 is 47.1 Å². The van der Waals surface area contributed by atoms with Crippen molar-refractivity contribution in [2.45, 2.75) is 188 Å². The van der Waals surface area contributed by atoms with Gasteiger partial charge in [0.05, 0.1) is 19.3 Å². The molecule has 0 aliphatic rings. The maximum absolute atomic E-state index is 12.6. The lowest BCUT2D eigenvalue weighted by Crippen LogP contribution is -2.29. The van der Waals surface area contributed by atoms with Crippen LogP contribution in [0.4, 0.5) is 0 Å². The smallest absolute Gasteiger partial charge is 0.466 e. The summed E-state index contributed by atoms with van der Waals surface area (Å²) in [7, 11) is -4.42. The first-order valence-corrected chi connectivity index (χ1v) is 24.1. The maximum atomic E-state index is 12.6. The van der Waals surface area contributed by atoms with Crippen molar-refractivity contribution in [2.24, 2.45) is 5.73 Å². The number of phosphoric acid groups is 1. The van der Waals surface area contributed by atoms with E-state index in [1.807, 2.05) is 36.5 Å². The Labute approximate surface area is 356 Å². The number of aliphatic hydroxyl groups is 1. The number of aliphatic hydroxyl groups excluding tert-OH is 1. The SMILES string of the molecule is CCCCCc1oc(CCCCCCCCCCC(=O)OC[C@H](COP(=O)(O)OCCN)OC(=O)CCC/C=C\C/C=C\C/C=C\C=C\[C@@H](O)CCCCC)c(C)c1C. The monoisotopic (exact) mass is 850 g/mol. The molecule has 12 heteroatoms. The van der Waals surface area contributed by atoms with E-state index in [1.165, 1.54) is 49.0 Å². The van der Waals surface area contributed by atoms with Crippen molar-refractivity contribution >= 4 is 19.8 Å². The molecule has 0 aromatic carbocycles.